The van der Waals surface area contributed by atoms with Crippen LogP contribution < -0.4 is 4.67 Å². The maximum Gasteiger partial charge on any atom is 0.432 e. The van der Waals surface area contributed by atoms with Crippen LogP contribution in [-0.2, 0) is 9.09 Å². The summed E-state index contributed by atoms with van der Waals surface area (Å²) in [7, 11) is -2.28. The van der Waals surface area contributed by atoms with Crippen molar-refractivity contribution in [2.75, 3.05) is 18.3 Å². The molecule has 0 saturated carbocycles. The van der Waals surface area contributed by atoms with Gasteiger partial charge >= 0.3 is 7.75 Å². The van der Waals surface area contributed by atoms with E-state index in [-0.39, 0.29) is 12.1 Å². The lowest BCUT2D eigenvalue weighted by Crippen LogP contribution is -2.19. The van der Waals surface area contributed by atoms with E-state index in [2.05, 4.69) is 36.6 Å². The highest BCUT2D eigenvalue weighted by Crippen LogP contribution is 2.47. The summed E-state index contributed by atoms with van der Waals surface area (Å²) in [6.07, 6.45) is 21.2. The van der Waals surface area contributed by atoms with Gasteiger partial charge in [-0.25, -0.2) is 4.57 Å². The Morgan fingerprint density at radius 2 is 2.03 bits per heavy atom. The molecule has 0 fully saturated rings. The van der Waals surface area contributed by atoms with Crippen molar-refractivity contribution in [1.82, 2.24) is 0 Å². The van der Waals surface area contributed by atoms with E-state index in [4.69, 9.17) is 9.52 Å². The first kappa shape index (κ1) is 22.7. The SMILES string of the molecule is CN(c1ccccc1)P(=O)(O)OCCCC1=C/C=C\C2(CCC=N2)CCCCC=C1. The molecule has 30 heavy (non-hydrogen) atoms. The van der Waals surface area contributed by atoms with Crippen molar-refractivity contribution in [3.63, 3.8) is 0 Å². The molecule has 0 saturated heterocycles. The average Bonchev–Trinajstić information content (AvgIpc) is 3.20. The van der Waals surface area contributed by atoms with Gasteiger partial charge in [-0.15, -0.1) is 0 Å². The van der Waals surface area contributed by atoms with Gasteiger partial charge in [0, 0.05) is 12.7 Å². The lowest BCUT2D eigenvalue weighted by atomic mass is 9.90. The number of anilines is 1. The Morgan fingerprint density at radius 1 is 1.20 bits per heavy atom. The standard InChI is InChI=1S/C24H33N2O3P/c1-26(23-15-6-4-7-16-23)30(27,28)29-21-10-14-22-12-5-2-3-8-17-24(18-9-13-22)19-11-20-25-24/h4-7,9,12-13,15-16,18,20H,2-3,8,10-11,14,17,19,21H2,1H3,(H,27,28)/b12-5?,18-9-,22-13?. The zero-order chi connectivity index (χ0) is 21.3. The van der Waals surface area contributed by atoms with Gasteiger partial charge in [-0.1, -0.05) is 55.0 Å². The minimum atomic E-state index is -3.86. The molecule has 3 rings (SSSR count). The summed E-state index contributed by atoms with van der Waals surface area (Å²) in [6, 6.07) is 9.12. The van der Waals surface area contributed by atoms with Crippen molar-refractivity contribution in [1.29, 1.82) is 0 Å². The second kappa shape index (κ2) is 10.9. The normalized spacial score (nSPS) is 24.8. The Hall–Kier alpha value is -1.94. The molecule has 2 aliphatic rings. The molecular weight excluding hydrogens is 395 g/mol. The third kappa shape index (κ3) is 6.53. The van der Waals surface area contributed by atoms with E-state index < -0.39 is 7.75 Å². The Kier molecular flexibility index (Phi) is 8.26. The first-order valence-electron chi connectivity index (χ1n) is 10.9. The van der Waals surface area contributed by atoms with E-state index in [1.807, 2.05) is 18.2 Å². The van der Waals surface area contributed by atoms with Crippen molar-refractivity contribution in [3.05, 3.63) is 66.3 Å². The smallest absolute Gasteiger partial charge is 0.308 e. The fourth-order valence-corrected chi connectivity index (χ4v) is 4.83. The Bertz CT molecular complexity index is 847. The fraction of sp³-hybridized carbons (Fsp3) is 0.458. The second-order valence-electron chi connectivity index (χ2n) is 7.99. The molecule has 0 aromatic heterocycles. The maximum absolute atomic E-state index is 12.5. The molecule has 6 heteroatoms. The quantitative estimate of drug-likeness (QED) is 0.413. The van der Waals surface area contributed by atoms with Gasteiger partial charge in [-0.3, -0.25) is 14.2 Å². The van der Waals surface area contributed by atoms with E-state index in [0.29, 0.717) is 12.1 Å². The first-order chi connectivity index (χ1) is 14.5. The average molecular weight is 429 g/mol. The molecule has 162 valence electrons. The number of para-hydroxylation sites is 1. The third-order valence-corrected chi connectivity index (χ3v) is 7.22. The van der Waals surface area contributed by atoms with Gasteiger partial charge in [0.05, 0.1) is 12.1 Å². The molecule has 1 N–H and O–H groups in total. The fourth-order valence-electron chi connectivity index (χ4n) is 3.86. The molecule has 0 radical (unpaired) electrons. The number of rotatable bonds is 7. The van der Waals surface area contributed by atoms with Crippen molar-refractivity contribution < 1.29 is 14.0 Å². The lowest BCUT2D eigenvalue weighted by molar-refractivity contribution is 0.255. The highest BCUT2D eigenvalue weighted by Gasteiger charge is 2.28. The number of benzene rings is 1. The molecule has 5 nitrogen and oxygen atoms in total. The molecule has 1 aromatic rings. The van der Waals surface area contributed by atoms with E-state index in [1.165, 1.54) is 23.1 Å². The largest absolute Gasteiger partial charge is 0.432 e. The number of hydrogen-bond donors (Lipinski definition) is 1. The van der Waals surface area contributed by atoms with Crippen LogP contribution in [0, 0.1) is 0 Å². The van der Waals surface area contributed by atoms with E-state index in [1.54, 1.807) is 19.2 Å². The van der Waals surface area contributed by atoms with Crippen LogP contribution in [0.1, 0.15) is 51.4 Å². The van der Waals surface area contributed by atoms with Gasteiger partial charge in [0.25, 0.3) is 0 Å². The summed E-state index contributed by atoms with van der Waals surface area (Å²) in [5, 5.41) is 0. The second-order valence-corrected chi connectivity index (χ2v) is 9.83. The Labute approximate surface area is 180 Å². The zero-order valence-corrected chi connectivity index (χ0v) is 18.7. The molecule has 0 amide bonds. The van der Waals surface area contributed by atoms with E-state index in [0.717, 1.165) is 32.1 Å². The van der Waals surface area contributed by atoms with Crippen LogP contribution in [0.15, 0.2) is 71.3 Å². The number of aliphatic imine (C=N–C) groups is 1. The zero-order valence-electron chi connectivity index (χ0n) is 17.8. The van der Waals surface area contributed by atoms with Crippen molar-refractivity contribution >= 4 is 19.6 Å². The predicted molar refractivity (Wildman–Crippen MR) is 125 cm³/mol. The van der Waals surface area contributed by atoms with Crippen LogP contribution in [0.4, 0.5) is 5.69 Å². The third-order valence-electron chi connectivity index (χ3n) is 5.71. The molecule has 1 heterocycles. The molecule has 1 aliphatic heterocycles. The first-order valence-corrected chi connectivity index (χ1v) is 12.4. The lowest BCUT2D eigenvalue weighted by Gasteiger charge is -2.24. The summed E-state index contributed by atoms with van der Waals surface area (Å²) in [5.74, 6) is 0. The maximum atomic E-state index is 12.5. The summed E-state index contributed by atoms with van der Waals surface area (Å²) in [5.41, 5.74) is 1.85. The van der Waals surface area contributed by atoms with Gasteiger partial charge in [-0.2, -0.15) is 0 Å². The van der Waals surface area contributed by atoms with E-state index >= 15 is 0 Å². The molecular formula is C24H33N2O3P. The van der Waals surface area contributed by atoms with Crippen LogP contribution in [0.5, 0.6) is 0 Å². The minimum absolute atomic E-state index is 0.0133. The molecule has 2 unspecified atom stereocenters. The van der Waals surface area contributed by atoms with Crippen LogP contribution in [0.3, 0.4) is 0 Å². The molecule has 1 aliphatic carbocycles. The van der Waals surface area contributed by atoms with E-state index in [9.17, 15) is 9.46 Å². The molecule has 0 bridgehead atoms. The van der Waals surface area contributed by atoms with Gasteiger partial charge < -0.3 is 4.89 Å². The van der Waals surface area contributed by atoms with Crippen molar-refractivity contribution in [2.24, 2.45) is 4.99 Å². The van der Waals surface area contributed by atoms with Gasteiger partial charge in [0.1, 0.15) is 0 Å². The predicted octanol–water partition coefficient (Wildman–Crippen LogP) is 6.24. The van der Waals surface area contributed by atoms with Crippen LogP contribution in [0.2, 0.25) is 0 Å². The topological polar surface area (TPSA) is 62.1 Å². The highest BCUT2D eigenvalue weighted by atomic mass is 31.2. The number of hydrogen-bond acceptors (Lipinski definition) is 3. The summed E-state index contributed by atoms with van der Waals surface area (Å²) < 4.78 is 19.2. The highest BCUT2D eigenvalue weighted by molar-refractivity contribution is 7.54. The van der Waals surface area contributed by atoms with Gasteiger partial charge in [0.2, 0.25) is 0 Å². The summed E-state index contributed by atoms with van der Waals surface area (Å²) in [4.78, 5) is 15.0. The monoisotopic (exact) mass is 428 g/mol. The van der Waals surface area contributed by atoms with Crippen LogP contribution in [-0.4, -0.2) is 30.3 Å². The molecule has 2 atom stereocenters. The Balaban J connectivity index is 1.54. The van der Waals surface area contributed by atoms with Crippen LogP contribution in [0.25, 0.3) is 0 Å². The van der Waals surface area contributed by atoms with Crippen molar-refractivity contribution in [2.45, 2.75) is 56.9 Å². The number of allylic oxidation sites excluding steroid dienone is 5. The summed E-state index contributed by atoms with van der Waals surface area (Å²) in [6.45, 7) is 0.230. The summed E-state index contributed by atoms with van der Waals surface area (Å²) >= 11 is 0. The van der Waals surface area contributed by atoms with Crippen LogP contribution >= 0.6 is 7.75 Å². The minimum Gasteiger partial charge on any atom is -0.308 e. The number of nitrogens with zero attached hydrogens (tertiary/aromatic N) is 2. The Morgan fingerprint density at radius 3 is 2.80 bits per heavy atom. The molecule has 1 aromatic carbocycles. The molecule has 1 spiro atoms. The van der Waals surface area contributed by atoms with Crippen molar-refractivity contribution in [3.8, 4) is 0 Å². The van der Waals surface area contributed by atoms with Gasteiger partial charge in [-0.05, 0) is 68.9 Å². The van der Waals surface area contributed by atoms with Gasteiger partial charge in [0.15, 0.2) is 0 Å².